The number of fused-ring (bicyclic) bond motifs is 1. The molecule has 0 saturated carbocycles. The largest absolute Gasteiger partial charge is 0.396 e. The minimum atomic E-state index is -0.0119. The second-order valence-corrected chi connectivity index (χ2v) is 3.51. The van der Waals surface area contributed by atoms with Crippen molar-refractivity contribution in [2.45, 2.75) is 13.0 Å². The summed E-state index contributed by atoms with van der Waals surface area (Å²) >= 11 is 0. The first-order chi connectivity index (χ1) is 7.31. The zero-order valence-corrected chi connectivity index (χ0v) is 8.39. The van der Waals surface area contributed by atoms with Crippen molar-refractivity contribution in [1.82, 2.24) is 4.57 Å². The highest BCUT2D eigenvalue weighted by molar-refractivity contribution is 5.81. The van der Waals surface area contributed by atoms with Gasteiger partial charge in [0.1, 0.15) is 0 Å². The van der Waals surface area contributed by atoms with Crippen molar-refractivity contribution in [3.05, 3.63) is 46.9 Å². The van der Waals surface area contributed by atoms with Gasteiger partial charge in [-0.25, -0.2) is 0 Å². The van der Waals surface area contributed by atoms with Crippen LogP contribution < -0.4 is 5.56 Å². The van der Waals surface area contributed by atoms with Crippen LogP contribution in [0, 0.1) is 0 Å². The predicted octanol–water partition coefficient (Wildman–Crippen LogP) is 1.38. The van der Waals surface area contributed by atoms with E-state index in [0.29, 0.717) is 13.0 Å². The molecule has 2 aromatic rings. The third-order valence-electron chi connectivity index (χ3n) is 2.41. The molecule has 0 fully saturated rings. The molecule has 0 saturated heterocycles. The number of hydrogen-bond donors (Lipinski definition) is 1. The first-order valence-corrected chi connectivity index (χ1v) is 5.01. The zero-order chi connectivity index (χ0) is 10.7. The Kier molecular flexibility index (Phi) is 2.83. The Hall–Kier alpha value is -1.61. The molecule has 0 bridgehead atoms. The Labute approximate surface area is 87.6 Å². The Morgan fingerprint density at radius 3 is 2.67 bits per heavy atom. The topological polar surface area (TPSA) is 42.2 Å². The highest BCUT2D eigenvalue weighted by atomic mass is 16.3. The highest BCUT2D eigenvalue weighted by Gasteiger charge is 1.98. The lowest BCUT2D eigenvalue weighted by molar-refractivity contribution is 0.279. The van der Waals surface area contributed by atoms with Crippen LogP contribution in [0.2, 0.25) is 0 Å². The van der Waals surface area contributed by atoms with E-state index in [1.165, 1.54) is 0 Å². The maximum absolute atomic E-state index is 11.6. The van der Waals surface area contributed by atoms with Crippen LogP contribution in [0.25, 0.3) is 10.8 Å². The number of pyridine rings is 1. The predicted molar refractivity (Wildman–Crippen MR) is 59.9 cm³/mol. The van der Waals surface area contributed by atoms with Crippen molar-refractivity contribution in [1.29, 1.82) is 0 Å². The molecule has 3 nitrogen and oxygen atoms in total. The van der Waals surface area contributed by atoms with Gasteiger partial charge in [-0.1, -0.05) is 24.3 Å². The zero-order valence-electron chi connectivity index (χ0n) is 8.39. The lowest BCUT2D eigenvalue weighted by Crippen LogP contribution is -2.18. The van der Waals surface area contributed by atoms with Crippen molar-refractivity contribution in [3.8, 4) is 0 Å². The Bertz CT molecular complexity index is 516. The fourth-order valence-electron chi connectivity index (χ4n) is 1.62. The molecule has 1 heterocycles. The molecule has 0 atom stereocenters. The summed E-state index contributed by atoms with van der Waals surface area (Å²) in [5.74, 6) is 0. The molecule has 3 heteroatoms. The number of hydrogen-bond acceptors (Lipinski definition) is 2. The molecular weight excluding hydrogens is 190 g/mol. The molecular formula is C12H13NO2. The molecule has 0 amide bonds. The van der Waals surface area contributed by atoms with E-state index >= 15 is 0 Å². The van der Waals surface area contributed by atoms with Crippen LogP contribution in [-0.2, 0) is 6.54 Å². The summed E-state index contributed by atoms with van der Waals surface area (Å²) in [6.07, 6.45) is 2.45. The van der Waals surface area contributed by atoms with Gasteiger partial charge in [-0.2, -0.15) is 0 Å². The van der Waals surface area contributed by atoms with Gasteiger partial charge in [-0.05, 0) is 17.2 Å². The van der Waals surface area contributed by atoms with Gasteiger partial charge in [0, 0.05) is 25.4 Å². The number of aliphatic hydroxyl groups is 1. The average Bonchev–Trinajstić information content (AvgIpc) is 2.26. The lowest BCUT2D eigenvalue weighted by Gasteiger charge is -2.05. The van der Waals surface area contributed by atoms with Crippen LogP contribution in [0.4, 0.5) is 0 Å². The minimum Gasteiger partial charge on any atom is -0.396 e. The maximum atomic E-state index is 11.6. The summed E-state index contributed by atoms with van der Waals surface area (Å²) in [6.45, 7) is 0.680. The number of aliphatic hydroxyl groups excluding tert-OH is 1. The van der Waals surface area contributed by atoms with Crippen molar-refractivity contribution in [3.63, 3.8) is 0 Å². The fourth-order valence-corrected chi connectivity index (χ4v) is 1.62. The van der Waals surface area contributed by atoms with Crippen LogP contribution >= 0.6 is 0 Å². The molecule has 0 aliphatic heterocycles. The Morgan fingerprint density at radius 1 is 1.20 bits per heavy atom. The van der Waals surface area contributed by atoms with Gasteiger partial charge < -0.3 is 9.67 Å². The lowest BCUT2D eigenvalue weighted by atomic mass is 10.2. The summed E-state index contributed by atoms with van der Waals surface area (Å²) in [5, 5.41) is 10.7. The second-order valence-electron chi connectivity index (χ2n) is 3.51. The van der Waals surface area contributed by atoms with Crippen LogP contribution in [0.1, 0.15) is 6.42 Å². The molecule has 0 unspecified atom stereocenters. The summed E-state index contributed by atoms with van der Waals surface area (Å²) < 4.78 is 1.64. The van der Waals surface area contributed by atoms with E-state index in [-0.39, 0.29) is 12.2 Å². The summed E-state index contributed by atoms with van der Waals surface area (Å²) in [7, 11) is 0. The molecule has 15 heavy (non-hydrogen) atoms. The number of aryl methyl sites for hydroxylation is 1. The van der Waals surface area contributed by atoms with E-state index in [9.17, 15) is 4.79 Å². The first kappa shape index (κ1) is 9.93. The molecule has 78 valence electrons. The quantitative estimate of drug-likeness (QED) is 0.819. The van der Waals surface area contributed by atoms with Gasteiger partial charge >= 0.3 is 0 Å². The molecule has 2 rings (SSSR count). The van der Waals surface area contributed by atoms with Crippen LogP contribution in [0.5, 0.6) is 0 Å². The molecule has 1 aromatic heterocycles. The van der Waals surface area contributed by atoms with Gasteiger partial charge in [0.15, 0.2) is 0 Å². The van der Waals surface area contributed by atoms with E-state index in [1.54, 1.807) is 10.6 Å². The SMILES string of the molecule is O=c1cc2ccccc2cn1CCCO. The first-order valence-electron chi connectivity index (χ1n) is 5.01. The maximum Gasteiger partial charge on any atom is 0.251 e. The van der Waals surface area contributed by atoms with Crippen LogP contribution in [-0.4, -0.2) is 16.3 Å². The highest BCUT2D eigenvalue weighted by Crippen LogP contribution is 2.09. The van der Waals surface area contributed by atoms with E-state index in [4.69, 9.17) is 5.11 Å². The van der Waals surface area contributed by atoms with E-state index < -0.39 is 0 Å². The standard InChI is InChI=1S/C12H13NO2/c14-7-3-6-13-9-11-5-2-1-4-10(11)8-12(13)15/h1-2,4-5,8-9,14H,3,6-7H2. The summed E-state index contributed by atoms with van der Waals surface area (Å²) in [5.41, 5.74) is -0.0119. The molecule has 1 aromatic carbocycles. The van der Waals surface area contributed by atoms with Crippen molar-refractivity contribution < 1.29 is 5.11 Å². The number of aromatic nitrogens is 1. The summed E-state index contributed by atoms with van der Waals surface area (Å²) in [6, 6.07) is 9.40. The van der Waals surface area contributed by atoms with Gasteiger partial charge in [0.2, 0.25) is 0 Å². The molecule has 0 spiro atoms. The average molecular weight is 203 g/mol. The van der Waals surface area contributed by atoms with E-state index in [0.717, 1.165) is 10.8 Å². The van der Waals surface area contributed by atoms with Crippen molar-refractivity contribution in [2.24, 2.45) is 0 Å². The minimum absolute atomic E-state index is 0.0119. The normalized spacial score (nSPS) is 10.7. The third kappa shape index (κ3) is 2.07. The Morgan fingerprint density at radius 2 is 1.93 bits per heavy atom. The smallest absolute Gasteiger partial charge is 0.251 e. The number of benzene rings is 1. The number of rotatable bonds is 3. The van der Waals surface area contributed by atoms with Crippen LogP contribution in [0.3, 0.4) is 0 Å². The fraction of sp³-hybridized carbons (Fsp3) is 0.250. The van der Waals surface area contributed by atoms with Crippen molar-refractivity contribution >= 4 is 10.8 Å². The van der Waals surface area contributed by atoms with Gasteiger partial charge in [0.05, 0.1) is 0 Å². The van der Waals surface area contributed by atoms with E-state index in [1.807, 2.05) is 30.5 Å². The van der Waals surface area contributed by atoms with Gasteiger partial charge in [0.25, 0.3) is 5.56 Å². The monoisotopic (exact) mass is 203 g/mol. The van der Waals surface area contributed by atoms with Crippen molar-refractivity contribution in [2.75, 3.05) is 6.61 Å². The van der Waals surface area contributed by atoms with Gasteiger partial charge in [-0.15, -0.1) is 0 Å². The molecule has 1 N–H and O–H groups in total. The molecule has 0 aliphatic rings. The van der Waals surface area contributed by atoms with E-state index in [2.05, 4.69) is 0 Å². The van der Waals surface area contributed by atoms with Crippen LogP contribution in [0.15, 0.2) is 41.3 Å². The van der Waals surface area contributed by atoms with Gasteiger partial charge in [-0.3, -0.25) is 4.79 Å². The third-order valence-corrected chi connectivity index (χ3v) is 2.41. The summed E-state index contributed by atoms with van der Waals surface area (Å²) in [4.78, 5) is 11.6. The number of nitrogens with zero attached hydrogens (tertiary/aromatic N) is 1. The molecule has 0 radical (unpaired) electrons. The molecule has 0 aliphatic carbocycles. The second kappa shape index (κ2) is 4.28. The Balaban J connectivity index is 2.48.